The zero-order valence-corrected chi connectivity index (χ0v) is 18.9. The number of anilines is 1. The molecule has 4 aromatic rings. The molecule has 2 aromatic heterocycles. The number of ether oxygens (including phenoxy) is 1. The molecule has 7 nitrogen and oxygen atoms in total. The Morgan fingerprint density at radius 3 is 2.44 bits per heavy atom. The van der Waals surface area contributed by atoms with Crippen LogP contribution in [0.2, 0.25) is 0 Å². The van der Waals surface area contributed by atoms with E-state index in [-0.39, 0.29) is 11.7 Å². The summed E-state index contributed by atoms with van der Waals surface area (Å²) in [5, 5.41) is 12.3. The van der Waals surface area contributed by atoms with Crippen LogP contribution in [0.1, 0.15) is 11.1 Å². The predicted molar refractivity (Wildman–Crippen MR) is 126 cm³/mol. The maximum absolute atomic E-state index is 12.6. The molecule has 32 heavy (non-hydrogen) atoms. The first-order chi connectivity index (χ1) is 15.5. The van der Waals surface area contributed by atoms with Crippen LogP contribution in [0.3, 0.4) is 0 Å². The van der Waals surface area contributed by atoms with E-state index in [1.165, 1.54) is 11.8 Å². The van der Waals surface area contributed by atoms with Crippen molar-refractivity contribution in [3.63, 3.8) is 0 Å². The number of nitrogens with one attached hydrogen (secondary N) is 1. The molecule has 2 heterocycles. The number of methoxy groups -OCH3 is 1. The topological polar surface area (TPSA) is 81.9 Å². The van der Waals surface area contributed by atoms with E-state index in [4.69, 9.17) is 4.74 Å². The molecule has 0 atom stereocenters. The summed E-state index contributed by atoms with van der Waals surface area (Å²) >= 11 is 1.32. The Bertz CT molecular complexity index is 1200. The van der Waals surface area contributed by atoms with Crippen molar-refractivity contribution in [2.75, 3.05) is 18.2 Å². The van der Waals surface area contributed by atoms with Gasteiger partial charge in [0.1, 0.15) is 11.4 Å². The first-order valence-electron chi connectivity index (χ1n) is 10.1. The number of hydrogen-bond acceptors (Lipinski definition) is 6. The molecule has 0 fully saturated rings. The molecule has 4 rings (SSSR count). The van der Waals surface area contributed by atoms with E-state index in [2.05, 4.69) is 26.6 Å². The summed E-state index contributed by atoms with van der Waals surface area (Å²) < 4.78 is 7.17. The predicted octanol–water partition coefficient (Wildman–Crippen LogP) is 4.69. The fourth-order valence-corrected chi connectivity index (χ4v) is 4.11. The summed E-state index contributed by atoms with van der Waals surface area (Å²) in [5.74, 6) is 1.45. The number of benzene rings is 2. The van der Waals surface area contributed by atoms with Crippen LogP contribution in [0.5, 0.6) is 5.75 Å². The van der Waals surface area contributed by atoms with Crippen LogP contribution in [0.4, 0.5) is 5.69 Å². The van der Waals surface area contributed by atoms with Crippen LogP contribution in [-0.4, -0.2) is 38.5 Å². The van der Waals surface area contributed by atoms with Crippen molar-refractivity contribution in [1.29, 1.82) is 0 Å². The fourth-order valence-electron chi connectivity index (χ4n) is 3.36. The number of aromatic nitrogens is 4. The summed E-state index contributed by atoms with van der Waals surface area (Å²) in [6, 6.07) is 19.2. The summed E-state index contributed by atoms with van der Waals surface area (Å²) in [7, 11) is 1.63. The number of nitrogens with zero attached hydrogens (tertiary/aromatic N) is 4. The van der Waals surface area contributed by atoms with Gasteiger partial charge in [-0.25, -0.2) is 0 Å². The van der Waals surface area contributed by atoms with Crippen LogP contribution in [0, 0.1) is 13.8 Å². The average molecular weight is 446 g/mol. The number of pyridine rings is 1. The average Bonchev–Trinajstić information content (AvgIpc) is 3.21. The van der Waals surface area contributed by atoms with E-state index in [9.17, 15) is 4.79 Å². The smallest absolute Gasteiger partial charge is 0.234 e. The molecule has 0 saturated carbocycles. The third kappa shape index (κ3) is 4.97. The van der Waals surface area contributed by atoms with Gasteiger partial charge in [0.25, 0.3) is 0 Å². The lowest BCUT2D eigenvalue weighted by molar-refractivity contribution is -0.113. The van der Waals surface area contributed by atoms with E-state index >= 15 is 0 Å². The molecular formula is C24H23N5O2S. The minimum absolute atomic E-state index is 0.108. The zero-order valence-electron chi connectivity index (χ0n) is 18.1. The van der Waals surface area contributed by atoms with E-state index in [0.717, 1.165) is 28.3 Å². The number of aryl methyl sites for hydroxylation is 2. The normalized spacial score (nSPS) is 10.7. The lowest BCUT2D eigenvalue weighted by atomic mass is 10.1. The van der Waals surface area contributed by atoms with Gasteiger partial charge in [0.2, 0.25) is 5.91 Å². The van der Waals surface area contributed by atoms with Crippen LogP contribution < -0.4 is 10.1 Å². The molecule has 2 aromatic carbocycles. The van der Waals surface area contributed by atoms with Crippen LogP contribution in [0.15, 0.2) is 72.0 Å². The second kappa shape index (κ2) is 9.65. The number of carbonyl (C=O) groups excluding carboxylic acids is 1. The van der Waals surface area contributed by atoms with Gasteiger partial charge in [0.05, 0.1) is 18.6 Å². The Hall–Kier alpha value is -3.65. The van der Waals surface area contributed by atoms with Crippen molar-refractivity contribution >= 4 is 23.4 Å². The van der Waals surface area contributed by atoms with Gasteiger partial charge >= 0.3 is 0 Å². The SMILES string of the molecule is COc1ccc(-n2c(SCC(=O)Nc3cc(C)cc(C)c3)nnc2-c2ccccn2)cc1. The Labute approximate surface area is 190 Å². The van der Waals surface area contributed by atoms with Crippen molar-refractivity contribution in [3.05, 3.63) is 78.0 Å². The van der Waals surface area contributed by atoms with Gasteiger partial charge in [-0.2, -0.15) is 0 Å². The van der Waals surface area contributed by atoms with E-state index < -0.39 is 0 Å². The zero-order chi connectivity index (χ0) is 22.5. The lowest BCUT2D eigenvalue weighted by Crippen LogP contribution is -2.14. The summed E-state index contributed by atoms with van der Waals surface area (Å²) in [6.45, 7) is 4.02. The second-order valence-corrected chi connectivity index (χ2v) is 8.21. The van der Waals surface area contributed by atoms with Crippen molar-refractivity contribution in [1.82, 2.24) is 19.7 Å². The first-order valence-corrected chi connectivity index (χ1v) is 11.0. The number of rotatable bonds is 7. The van der Waals surface area contributed by atoms with E-state index in [0.29, 0.717) is 16.7 Å². The van der Waals surface area contributed by atoms with Gasteiger partial charge in [0.15, 0.2) is 11.0 Å². The van der Waals surface area contributed by atoms with E-state index in [1.54, 1.807) is 13.3 Å². The summed E-state index contributed by atoms with van der Waals surface area (Å²) in [6.07, 6.45) is 1.71. The van der Waals surface area contributed by atoms with Crippen molar-refractivity contribution in [3.8, 4) is 23.0 Å². The molecule has 0 spiro atoms. The molecule has 0 saturated heterocycles. The van der Waals surface area contributed by atoms with Crippen molar-refractivity contribution in [2.24, 2.45) is 0 Å². The fraction of sp³-hybridized carbons (Fsp3) is 0.167. The molecule has 0 radical (unpaired) electrons. The van der Waals surface area contributed by atoms with Crippen molar-refractivity contribution < 1.29 is 9.53 Å². The number of thioether (sulfide) groups is 1. The highest BCUT2D eigenvalue weighted by atomic mass is 32.2. The van der Waals surface area contributed by atoms with Gasteiger partial charge in [-0.1, -0.05) is 23.9 Å². The maximum atomic E-state index is 12.6. The molecule has 0 unspecified atom stereocenters. The molecular weight excluding hydrogens is 422 g/mol. The standard InChI is InChI=1S/C24H23N5O2S/c1-16-12-17(2)14-18(13-16)26-22(30)15-32-24-28-27-23(21-6-4-5-11-25-21)29(24)19-7-9-20(31-3)10-8-19/h4-14H,15H2,1-3H3,(H,26,30). The second-order valence-electron chi connectivity index (χ2n) is 7.27. The third-order valence-electron chi connectivity index (χ3n) is 4.70. The monoisotopic (exact) mass is 445 g/mol. The Kier molecular flexibility index (Phi) is 6.51. The minimum atomic E-state index is -0.108. The Balaban J connectivity index is 1.59. The largest absolute Gasteiger partial charge is 0.497 e. The number of amides is 1. The van der Waals surface area contributed by atoms with Gasteiger partial charge in [-0.15, -0.1) is 10.2 Å². The van der Waals surface area contributed by atoms with Gasteiger partial charge < -0.3 is 10.1 Å². The lowest BCUT2D eigenvalue weighted by Gasteiger charge is -2.11. The molecule has 0 aliphatic carbocycles. The van der Waals surface area contributed by atoms with Crippen molar-refractivity contribution in [2.45, 2.75) is 19.0 Å². The van der Waals surface area contributed by atoms with Crippen LogP contribution >= 0.6 is 11.8 Å². The maximum Gasteiger partial charge on any atom is 0.234 e. The first kappa shape index (κ1) is 21.6. The van der Waals surface area contributed by atoms with Crippen LogP contribution in [0.25, 0.3) is 17.2 Å². The molecule has 0 bridgehead atoms. The molecule has 8 heteroatoms. The molecule has 1 N–H and O–H groups in total. The molecule has 0 aliphatic heterocycles. The van der Waals surface area contributed by atoms with Gasteiger partial charge in [-0.05, 0) is 73.5 Å². The van der Waals surface area contributed by atoms with Crippen LogP contribution in [-0.2, 0) is 4.79 Å². The number of hydrogen-bond donors (Lipinski definition) is 1. The highest BCUT2D eigenvalue weighted by Gasteiger charge is 2.18. The van der Waals surface area contributed by atoms with E-state index in [1.807, 2.05) is 73.0 Å². The molecule has 0 aliphatic rings. The molecule has 162 valence electrons. The Morgan fingerprint density at radius 2 is 1.78 bits per heavy atom. The summed E-state index contributed by atoms with van der Waals surface area (Å²) in [4.78, 5) is 17.0. The highest BCUT2D eigenvalue weighted by Crippen LogP contribution is 2.28. The minimum Gasteiger partial charge on any atom is -0.497 e. The summed E-state index contributed by atoms with van der Waals surface area (Å²) in [5.41, 5.74) is 4.55. The number of carbonyl (C=O) groups is 1. The Morgan fingerprint density at radius 1 is 1.03 bits per heavy atom. The quantitative estimate of drug-likeness (QED) is 0.416. The van der Waals surface area contributed by atoms with Gasteiger partial charge in [0, 0.05) is 11.9 Å². The van der Waals surface area contributed by atoms with Gasteiger partial charge in [-0.3, -0.25) is 14.3 Å². The third-order valence-corrected chi connectivity index (χ3v) is 5.62. The highest BCUT2D eigenvalue weighted by molar-refractivity contribution is 7.99. The molecule has 1 amide bonds.